The fourth-order valence-electron chi connectivity index (χ4n) is 5.20. The van der Waals surface area contributed by atoms with Crippen LogP contribution in [0.25, 0.3) is 65.4 Å². The summed E-state index contributed by atoms with van der Waals surface area (Å²) >= 11 is 1.88. The molecule has 0 N–H and O–H groups in total. The Balaban J connectivity index is 1.09. The van der Waals surface area contributed by atoms with Gasteiger partial charge >= 0.3 is 0 Å². The number of fused-ring (bicyclic) bond motifs is 4. The molecule has 0 unspecified atom stereocenters. The molecule has 1 aromatic heterocycles. The maximum atomic E-state index is 2.33. The summed E-state index contributed by atoms with van der Waals surface area (Å²) in [5.41, 5.74) is 8.71. The topological polar surface area (TPSA) is 0 Å². The molecule has 0 fully saturated rings. The highest BCUT2D eigenvalue weighted by Crippen LogP contribution is 2.37. The molecular weight excluding hydrogens is 476 g/mol. The standard InChI is InChI=1S/C37H26S/c1-25-6-20-34-35-21-19-33(24-37(35)38-36(34)22-25)30-15-11-27(12-16-30)8-7-26-9-13-29(14-10-26)32-18-17-28-4-2-3-5-31(28)23-32/h2-24H,1H3/b8-7+. The van der Waals surface area contributed by atoms with Crippen LogP contribution in [0.5, 0.6) is 0 Å². The zero-order valence-electron chi connectivity index (χ0n) is 21.2. The van der Waals surface area contributed by atoms with E-state index in [1.54, 1.807) is 0 Å². The minimum atomic E-state index is 1.20. The highest BCUT2D eigenvalue weighted by molar-refractivity contribution is 7.25. The van der Waals surface area contributed by atoms with E-state index in [-0.39, 0.29) is 0 Å². The molecule has 0 atom stereocenters. The van der Waals surface area contributed by atoms with Crippen molar-refractivity contribution in [2.75, 3.05) is 0 Å². The molecule has 0 aliphatic heterocycles. The Morgan fingerprint density at radius 1 is 0.447 bits per heavy atom. The van der Waals surface area contributed by atoms with Crippen LogP contribution in [0, 0.1) is 6.92 Å². The van der Waals surface area contributed by atoms with Crippen molar-refractivity contribution in [1.29, 1.82) is 0 Å². The largest absolute Gasteiger partial charge is 0.135 e. The van der Waals surface area contributed by atoms with E-state index in [1.165, 1.54) is 69.9 Å². The lowest BCUT2D eigenvalue weighted by Gasteiger charge is -2.05. The molecule has 0 radical (unpaired) electrons. The van der Waals surface area contributed by atoms with Gasteiger partial charge in [0.05, 0.1) is 0 Å². The molecule has 0 bridgehead atoms. The van der Waals surface area contributed by atoms with Gasteiger partial charge in [-0.05, 0) is 74.8 Å². The summed E-state index contributed by atoms with van der Waals surface area (Å²) in [5.74, 6) is 0. The van der Waals surface area contributed by atoms with E-state index in [1.807, 2.05) is 11.3 Å². The Bertz CT molecular complexity index is 1950. The van der Waals surface area contributed by atoms with Gasteiger partial charge in [0.25, 0.3) is 0 Å². The molecular formula is C37H26S. The number of aryl methyl sites for hydroxylation is 1. The van der Waals surface area contributed by atoms with Crippen LogP contribution in [0.15, 0.2) is 127 Å². The van der Waals surface area contributed by atoms with Gasteiger partial charge in [-0.15, -0.1) is 11.3 Å². The van der Waals surface area contributed by atoms with Gasteiger partial charge in [0.1, 0.15) is 0 Å². The van der Waals surface area contributed by atoms with E-state index in [4.69, 9.17) is 0 Å². The van der Waals surface area contributed by atoms with Crippen molar-refractivity contribution in [2.45, 2.75) is 6.92 Å². The lowest BCUT2D eigenvalue weighted by atomic mass is 10.00. The molecule has 0 nitrogen and oxygen atoms in total. The number of rotatable bonds is 4. The third-order valence-electron chi connectivity index (χ3n) is 7.33. The quantitative estimate of drug-likeness (QED) is 0.210. The number of hydrogen-bond donors (Lipinski definition) is 0. The lowest BCUT2D eigenvalue weighted by Crippen LogP contribution is -1.80. The van der Waals surface area contributed by atoms with Crippen LogP contribution in [0.1, 0.15) is 16.7 Å². The van der Waals surface area contributed by atoms with Gasteiger partial charge in [-0.25, -0.2) is 0 Å². The van der Waals surface area contributed by atoms with Crippen LogP contribution >= 0.6 is 11.3 Å². The highest BCUT2D eigenvalue weighted by Gasteiger charge is 2.07. The van der Waals surface area contributed by atoms with E-state index < -0.39 is 0 Å². The maximum Gasteiger partial charge on any atom is 0.0361 e. The second-order valence-corrected chi connectivity index (χ2v) is 11.0. The Kier molecular flexibility index (Phi) is 5.65. The number of benzene rings is 6. The van der Waals surface area contributed by atoms with Gasteiger partial charge in [0, 0.05) is 20.2 Å². The summed E-state index contributed by atoms with van der Waals surface area (Å²) < 4.78 is 2.71. The molecule has 0 saturated carbocycles. The second kappa shape index (κ2) is 9.45. The Morgan fingerprint density at radius 2 is 0.974 bits per heavy atom. The van der Waals surface area contributed by atoms with Crippen molar-refractivity contribution in [3.8, 4) is 22.3 Å². The van der Waals surface area contributed by atoms with Crippen LogP contribution < -0.4 is 0 Å². The first kappa shape index (κ1) is 22.7. The number of hydrogen-bond acceptors (Lipinski definition) is 1. The lowest BCUT2D eigenvalue weighted by molar-refractivity contribution is 1.52. The molecule has 1 heterocycles. The van der Waals surface area contributed by atoms with E-state index in [9.17, 15) is 0 Å². The van der Waals surface area contributed by atoms with E-state index >= 15 is 0 Å². The first-order valence-corrected chi connectivity index (χ1v) is 13.8. The van der Waals surface area contributed by atoms with E-state index in [0.717, 1.165) is 0 Å². The first-order chi connectivity index (χ1) is 18.7. The van der Waals surface area contributed by atoms with Crippen LogP contribution in [-0.4, -0.2) is 0 Å². The van der Waals surface area contributed by atoms with Crippen molar-refractivity contribution in [1.82, 2.24) is 0 Å². The third kappa shape index (κ3) is 4.32. The number of thiophene rings is 1. The SMILES string of the molecule is Cc1ccc2c(c1)sc1cc(-c3ccc(/C=C/c4ccc(-c5ccc6ccccc6c5)cc4)cc3)ccc12. The third-order valence-corrected chi connectivity index (χ3v) is 8.45. The van der Waals surface area contributed by atoms with Crippen molar-refractivity contribution in [3.05, 3.63) is 144 Å². The molecule has 0 aliphatic rings. The molecule has 180 valence electrons. The Labute approximate surface area is 227 Å². The maximum absolute atomic E-state index is 2.33. The van der Waals surface area contributed by atoms with Crippen molar-refractivity contribution in [3.63, 3.8) is 0 Å². The zero-order valence-corrected chi connectivity index (χ0v) is 22.0. The van der Waals surface area contributed by atoms with Gasteiger partial charge in [0.15, 0.2) is 0 Å². The normalized spacial score (nSPS) is 11.7. The smallest absolute Gasteiger partial charge is 0.0361 e. The summed E-state index contributed by atoms with van der Waals surface area (Å²) in [7, 11) is 0. The summed E-state index contributed by atoms with van der Waals surface area (Å²) in [6.07, 6.45) is 4.37. The summed E-state index contributed by atoms with van der Waals surface area (Å²) in [5, 5.41) is 5.25. The van der Waals surface area contributed by atoms with Crippen molar-refractivity contribution in [2.24, 2.45) is 0 Å². The fraction of sp³-hybridized carbons (Fsp3) is 0.0270. The summed E-state index contributed by atoms with van der Waals surface area (Å²) in [6, 6.07) is 46.4. The van der Waals surface area contributed by atoms with Gasteiger partial charge in [0.2, 0.25) is 0 Å². The molecule has 7 aromatic rings. The second-order valence-electron chi connectivity index (χ2n) is 9.95. The molecule has 0 aliphatic carbocycles. The minimum absolute atomic E-state index is 1.20. The van der Waals surface area contributed by atoms with Crippen LogP contribution in [0.3, 0.4) is 0 Å². The summed E-state index contributed by atoms with van der Waals surface area (Å²) in [4.78, 5) is 0. The zero-order chi connectivity index (χ0) is 25.5. The Morgan fingerprint density at radius 3 is 1.66 bits per heavy atom. The van der Waals surface area contributed by atoms with Crippen LogP contribution in [0.2, 0.25) is 0 Å². The average molecular weight is 503 g/mol. The van der Waals surface area contributed by atoms with Crippen molar-refractivity contribution < 1.29 is 0 Å². The molecule has 38 heavy (non-hydrogen) atoms. The van der Waals surface area contributed by atoms with Crippen LogP contribution in [0.4, 0.5) is 0 Å². The summed E-state index contributed by atoms with van der Waals surface area (Å²) in [6.45, 7) is 2.16. The minimum Gasteiger partial charge on any atom is -0.135 e. The first-order valence-electron chi connectivity index (χ1n) is 13.0. The van der Waals surface area contributed by atoms with E-state index in [2.05, 4.69) is 146 Å². The molecule has 0 saturated heterocycles. The average Bonchev–Trinajstić information content (AvgIpc) is 3.33. The molecule has 7 rings (SSSR count). The van der Waals surface area contributed by atoms with Gasteiger partial charge in [-0.3, -0.25) is 0 Å². The van der Waals surface area contributed by atoms with Crippen molar-refractivity contribution >= 4 is 54.4 Å². The molecule has 0 amide bonds. The predicted octanol–water partition coefficient (Wildman–Crippen LogP) is 11.0. The molecule has 1 heteroatoms. The molecule has 6 aromatic carbocycles. The van der Waals surface area contributed by atoms with Crippen LogP contribution in [-0.2, 0) is 0 Å². The van der Waals surface area contributed by atoms with Gasteiger partial charge in [-0.2, -0.15) is 0 Å². The predicted molar refractivity (Wildman–Crippen MR) is 168 cm³/mol. The van der Waals surface area contributed by atoms with E-state index in [0.29, 0.717) is 0 Å². The highest BCUT2D eigenvalue weighted by atomic mass is 32.1. The van der Waals surface area contributed by atoms with Gasteiger partial charge in [-0.1, -0.05) is 121 Å². The Hall–Kier alpha value is -4.46. The molecule has 0 spiro atoms. The van der Waals surface area contributed by atoms with Gasteiger partial charge < -0.3 is 0 Å². The monoisotopic (exact) mass is 502 g/mol. The fourth-order valence-corrected chi connectivity index (χ4v) is 6.44.